The SMILES string of the molecule is CCN(CCO)C(=O)c1c(C)ccc(C)c1C(=O)O. The fourth-order valence-electron chi connectivity index (χ4n) is 2.04. The molecule has 0 aromatic heterocycles. The van der Waals surface area contributed by atoms with Crippen LogP contribution in [-0.4, -0.2) is 46.7 Å². The lowest BCUT2D eigenvalue weighted by Gasteiger charge is -2.22. The van der Waals surface area contributed by atoms with E-state index >= 15 is 0 Å². The first-order chi connectivity index (χ1) is 8.93. The molecule has 0 aliphatic carbocycles. The van der Waals surface area contributed by atoms with Crippen molar-refractivity contribution in [2.24, 2.45) is 0 Å². The molecule has 0 radical (unpaired) electrons. The van der Waals surface area contributed by atoms with E-state index in [-0.39, 0.29) is 30.2 Å². The highest BCUT2D eigenvalue weighted by molar-refractivity contribution is 6.06. The van der Waals surface area contributed by atoms with Gasteiger partial charge in [0.15, 0.2) is 0 Å². The van der Waals surface area contributed by atoms with Gasteiger partial charge in [0.05, 0.1) is 17.7 Å². The zero-order chi connectivity index (χ0) is 14.6. The monoisotopic (exact) mass is 265 g/mol. The molecule has 0 fully saturated rings. The minimum atomic E-state index is -1.11. The topological polar surface area (TPSA) is 77.8 Å². The smallest absolute Gasteiger partial charge is 0.336 e. The van der Waals surface area contributed by atoms with Crippen molar-refractivity contribution in [1.82, 2.24) is 4.90 Å². The molecule has 5 heteroatoms. The first-order valence-electron chi connectivity index (χ1n) is 6.17. The van der Waals surface area contributed by atoms with Crippen molar-refractivity contribution < 1.29 is 19.8 Å². The molecule has 0 saturated carbocycles. The number of aliphatic hydroxyl groups excluding tert-OH is 1. The first-order valence-corrected chi connectivity index (χ1v) is 6.17. The number of aliphatic hydroxyl groups is 1. The van der Waals surface area contributed by atoms with Gasteiger partial charge >= 0.3 is 5.97 Å². The van der Waals surface area contributed by atoms with Crippen LogP contribution < -0.4 is 0 Å². The third-order valence-corrected chi connectivity index (χ3v) is 3.09. The van der Waals surface area contributed by atoms with Crippen molar-refractivity contribution in [2.75, 3.05) is 19.7 Å². The second kappa shape index (κ2) is 6.33. The summed E-state index contributed by atoms with van der Waals surface area (Å²) in [4.78, 5) is 25.2. The Morgan fingerprint density at radius 1 is 1.16 bits per heavy atom. The van der Waals surface area contributed by atoms with Crippen LogP contribution in [0.1, 0.15) is 38.8 Å². The van der Waals surface area contributed by atoms with Crippen LogP contribution in [0.15, 0.2) is 12.1 Å². The molecule has 0 aliphatic rings. The van der Waals surface area contributed by atoms with Gasteiger partial charge in [-0.3, -0.25) is 4.79 Å². The second-order valence-electron chi connectivity index (χ2n) is 4.36. The molecule has 0 saturated heterocycles. The maximum Gasteiger partial charge on any atom is 0.336 e. The fourth-order valence-corrected chi connectivity index (χ4v) is 2.04. The molecule has 1 aromatic rings. The van der Waals surface area contributed by atoms with Gasteiger partial charge in [0.25, 0.3) is 5.91 Å². The highest BCUT2D eigenvalue weighted by Crippen LogP contribution is 2.20. The molecule has 0 spiro atoms. The number of likely N-dealkylation sites (N-methyl/N-ethyl adjacent to an activating group) is 1. The Hall–Kier alpha value is -1.88. The summed E-state index contributed by atoms with van der Waals surface area (Å²) in [5.74, 6) is -1.46. The molecule has 5 nitrogen and oxygen atoms in total. The number of hydrogen-bond acceptors (Lipinski definition) is 3. The molecular formula is C14H19NO4. The number of carbonyl (C=O) groups is 2. The molecule has 0 bridgehead atoms. The number of amides is 1. The van der Waals surface area contributed by atoms with Gasteiger partial charge in [0.2, 0.25) is 0 Å². The van der Waals surface area contributed by atoms with E-state index in [4.69, 9.17) is 5.11 Å². The second-order valence-corrected chi connectivity index (χ2v) is 4.36. The molecular weight excluding hydrogens is 246 g/mol. The van der Waals surface area contributed by atoms with Crippen molar-refractivity contribution in [3.63, 3.8) is 0 Å². The van der Waals surface area contributed by atoms with Crippen molar-refractivity contribution in [2.45, 2.75) is 20.8 Å². The minimum Gasteiger partial charge on any atom is -0.478 e. The number of benzene rings is 1. The quantitative estimate of drug-likeness (QED) is 0.844. The predicted octanol–water partition coefficient (Wildman–Crippen LogP) is 1.46. The molecule has 1 aromatic carbocycles. The van der Waals surface area contributed by atoms with E-state index < -0.39 is 5.97 Å². The van der Waals surface area contributed by atoms with Crippen LogP contribution in [0.25, 0.3) is 0 Å². The number of carboxylic acids is 1. The van der Waals surface area contributed by atoms with Crippen LogP contribution in [0.5, 0.6) is 0 Å². The van der Waals surface area contributed by atoms with Crippen LogP contribution in [0.3, 0.4) is 0 Å². The average molecular weight is 265 g/mol. The Bertz CT molecular complexity index is 496. The Morgan fingerprint density at radius 2 is 1.68 bits per heavy atom. The van der Waals surface area contributed by atoms with E-state index in [9.17, 15) is 14.7 Å². The van der Waals surface area contributed by atoms with Gasteiger partial charge in [-0.15, -0.1) is 0 Å². The Morgan fingerprint density at radius 3 is 2.11 bits per heavy atom. The summed E-state index contributed by atoms with van der Waals surface area (Å²) in [6.45, 7) is 5.65. The Labute approximate surface area is 112 Å². The van der Waals surface area contributed by atoms with Crippen molar-refractivity contribution >= 4 is 11.9 Å². The molecule has 0 aliphatic heterocycles. The van der Waals surface area contributed by atoms with Crippen LogP contribution in [0, 0.1) is 13.8 Å². The average Bonchev–Trinajstić information content (AvgIpc) is 2.37. The minimum absolute atomic E-state index is 0.0430. The fraction of sp³-hybridized carbons (Fsp3) is 0.429. The van der Waals surface area contributed by atoms with Gasteiger partial charge < -0.3 is 15.1 Å². The summed E-state index contributed by atoms with van der Waals surface area (Å²) in [7, 11) is 0. The summed E-state index contributed by atoms with van der Waals surface area (Å²) in [6.07, 6.45) is 0. The summed E-state index contributed by atoms with van der Waals surface area (Å²) in [6, 6.07) is 3.43. The summed E-state index contributed by atoms with van der Waals surface area (Å²) >= 11 is 0. The molecule has 1 amide bonds. The van der Waals surface area contributed by atoms with Gasteiger partial charge in [-0.2, -0.15) is 0 Å². The maximum atomic E-state index is 12.4. The number of aromatic carboxylic acids is 1. The number of nitrogens with zero attached hydrogens (tertiary/aromatic N) is 1. The third-order valence-electron chi connectivity index (χ3n) is 3.09. The van der Waals surface area contributed by atoms with Crippen molar-refractivity contribution in [3.05, 3.63) is 34.4 Å². The summed E-state index contributed by atoms with van der Waals surface area (Å²) < 4.78 is 0. The molecule has 0 unspecified atom stereocenters. The summed E-state index contributed by atoms with van der Waals surface area (Å²) in [5, 5.41) is 18.2. The number of rotatable bonds is 5. The van der Waals surface area contributed by atoms with Gasteiger partial charge in [0.1, 0.15) is 0 Å². The molecule has 19 heavy (non-hydrogen) atoms. The molecule has 104 valence electrons. The lowest BCUT2D eigenvalue weighted by Crippen LogP contribution is -2.35. The van der Waals surface area contributed by atoms with Crippen LogP contribution in [0.2, 0.25) is 0 Å². The highest BCUT2D eigenvalue weighted by Gasteiger charge is 2.24. The van der Waals surface area contributed by atoms with E-state index in [1.165, 1.54) is 4.90 Å². The number of carboxylic acid groups (broad SMARTS) is 1. The van der Waals surface area contributed by atoms with Crippen molar-refractivity contribution in [3.8, 4) is 0 Å². The van der Waals surface area contributed by atoms with Gasteiger partial charge in [-0.25, -0.2) is 4.79 Å². The van der Waals surface area contributed by atoms with E-state index in [1.807, 2.05) is 0 Å². The predicted molar refractivity (Wildman–Crippen MR) is 71.5 cm³/mol. The molecule has 2 N–H and O–H groups in total. The molecule has 0 heterocycles. The Balaban J connectivity index is 3.36. The lowest BCUT2D eigenvalue weighted by atomic mass is 9.96. The van der Waals surface area contributed by atoms with E-state index in [1.54, 1.807) is 32.9 Å². The van der Waals surface area contributed by atoms with Gasteiger partial charge in [-0.05, 0) is 31.9 Å². The van der Waals surface area contributed by atoms with E-state index in [0.717, 1.165) is 0 Å². The zero-order valence-electron chi connectivity index (χ0n) is 11.4. The number of aryl methyl sites for hydroxylation is 2. The Kier molecular flexibility index (Phi) is 5.06. The largest absolute Gasteiger partial charge is 0.478 e. The summed E-state index contributed by atoms with van der Waals surface area (Å²) in [5.41, 5.74) is 1.44. The lowest BCUT2D eigenvalue weighted by molar-refractivity contribution is 0.0668. The van der Waals surface area contributed by atoms with Crippen LogP contribution in [-0.2, 0) is 0 Å². The van der Waals surface area contributed by atoms with E-state index in [0.29, 0.717) is 17.7 Å². The highest BCUT2D eigenvalue weighted by atomic mass is 16.4. The number of hydrogen-bond donors (Lipinski definition) is 2. The van der Waals surface area contributed by atoms with Gasteiger partial charge in [0, 0.05) is 13.1 Å². The van der Waals surface area contributed by atoms with Crippen molar-refractivity contribution in [1.29, 1.82) is 0 Å². The standard InChI is InChI=1S/C14H19NO4/c1-4-15(7-8-16)13(17)11-9(2)5-6-10(3)12(11)14(18)19/h5-6,16H,4,7-8H2,1-3H3,(H,18,19). The normalized spacial score (nSPS) is 10.3. The maximum absolute atomic E-state index is 12.4. The van der Waals surface area contributed by atoms with E-state index in [2.05, 4.69) is 0 Å². The van der Waals surface area contributed by atoms with Crippen LogP contribution in [0.4, 0.5) is 0 Å². The molecule has 1 rings (SSSR count). The zero-order valence-corrected chi connectivity index (χ0v) is 11.4. The van der Waals surface area contributed by atoms with Gasteiger partial charge in [-0.1, -0.05) is 12.1 Å². The first kappa shape index (κ1) is 15.2. The third kappa shape index (κ3) is 3.12. The van der Waals surface area contributed by atoms with Crippen LogP contribution >= 0.6 is 0 Å². The molecule has 0 atom stereocenters. The number of carbonyl (C=O) groups excluding carboxylic acids is 1.